The molecule has 1 atom stereocenters. The number of benzene rings is 1. The van der Waals surface area contributed by atoms with E-state index in [0.29, 0.717) is 0 Å². The van der Waals surface area contributed by atoms with E-state index in [1.54, 1.807) is 0 Å². The Hall–Kier alpha value is -1.07. The number of carbonyl (C=O) groups excluding carboxylic acids is 1. The van der Waals surface area contributed by atoms with Gasteiger partial charge in [0.2, 0.25) is 5.91 Å². The second-order valence-corrected chi connectivity index (χ2v) is 6.80. The van der Waals surface area contributed by atoms with Gasteiger partial charge >= 0.3 is 0 Å². The Morgan fingerprint density at radius 1 is 1.37 bits per heavy atom. The zero-order chi connectivity index (χ0) is 14.8. The number of hydrogen-bond donors (Lipinski definition) is 2. The van der Waals surface area contributed by atoms with Gasteiger partial charge in [-0.3, -0.25) is 4.79 Å². The summed E-state index contributed by atoms with van der Waals surface area (Å²) in [6, 6.07) is 5.21. The number of amides is 1. The summed E-state index contributed by atoms with van der Waals surface area (Å²) in [6.45, 7) is 5.85. The standard InChI is InChI=1S/C14H22BrN3O/c1-14(2,3)12(16)13(19)17-10-8-9(15)6-7-11(10)18(4)5/h6-8,12H,16H2,1-5H3,(H,17,19)/t12-/m1/s1. The third kappa shape index (κ3) is 4.21. The van der Waals surface area contributed by atoms with E-state index >= 15 is 0 Å². The Bertz CT molecular complexity index is 466. The van der Waals surface area contributed by atoms with Gasteiger partial charge in [0, 0.05) is 18.6 Å². The molecule has 19 heavy (non-hydrogen) atoms. The van der Waals surface area contributed by atoms with E-state index in [1.165, 1.54) is 0 Å². The molecule has 0 spiro atoms. The summed E-state index contributed by atoms with van der Waals surface area (Å²) in [6.07, 6.45) is 0. The summed E-state index contributed by atoms with van der Waals surface area (Å²) >= 11 is 3.41. The zero-order valence-corrected chi connectivity index (χ0v) is 13.7. The molecule has 0 fully saturated rings. The molecule has 1 rings (SSSR count). The molecule has 0 aromatic heterocycles. The van der Waals surface area contributed by atoms with Crippen molar-refractivity contribution in [2.45, 2.75) is 26.8 Å². The summed E-state index contributed by atoms with van der Waals surface area (Å²) in [5.41, 5.74) is 7.40. The molecule has 1 amide bonds. The number of nitrogens with two attached hydrogens (primary N) is 1. The summed E-state index contributed by atoms with van der Waals surface area (Å²) in [5.74, 6) is -0.172. The Labute approximate surface area is 123 Å². The number of carbonyl (C=O) groups is 1. The van der Waals surface area contributed by atoms with Crippen molar-refractivity contribution in [3.05, 3.63) is 22.7 Å². The smallest absolute Gasteiger partial charge is 0.241 e. The van der Waals surface area contributed by atoms with E-state index in [4.69, 9.17) is 5.73 Å². The van der Waals surface area contributed by atoms with E-state index in [0.717, 1.165) is 15.8 Å². The third-order valence-electron chi connectivity index (χ3n) is 2.91. The number of nitrogens with zero attached hydrogens (tertiary/aromatic N) is 1. The zero-order valence-electron chi connectivity index (χ0n) is 12.1. The highest BCUT2D eigenvalue weighted by Crippen LogP contribution is 2.29. The van der Waals surface area contributed by atoms with Gasteiger partial charge in [0.15, 0.2) is 0 Å². The molecule has 3 N–H and O–H groups in total. The molecule has 0 unspecified atom stereocenters. The highest BCUT2D eigenvalue weighted by atomic mass is 79.9. The maximum Gasteiger partial charge on any atom is 0.241 e. The van der Waals surface area contributed by atoms with Crippen LogP contribution in [0.1, 0.15) is 20.8 Å². The highest BCUT2D eigenvalue weighted by Gasteiger charge is 2.27. The molecule has 0 heterocycles. The lowest BCUT2D eigenvalue weighted by Gasteiger charge is -2.27. The van der Waals surface area contributed by atoms with Gasteiger partial charge in [-0.1, -0.05) is 36.7 Å². The first-order valence-corrected chi connectivity index (χ1v) is 6.95. The van der Waals surface area contributed by atoms with Gasteiger partial charge < -0.3 is 16.0 Å². The molecular formula is C14H22BrN3O. The van der Waals surface area contributed by atoms with Crippen LogP contribution in [0.25, 0.3) is 0 Å². The average Bonchev–Trinajstić information content (AvgIpc) is 2.26. The topological polar surface area (TPSA) is 58.4 Å². The number of hydrogen-bond acceptors (Lipinski definition) is 3. The number of nitrogens with one attached hydrogen (secondary N) is 1. The fourth-order valence-corrected chi connectivity index (χ4v) is 1.96. The molecule has 1 aromatic carbocycles. The van der Waals surface area contributed by atoms with Crippen LogP contribution in [0.2, 0.25) is 0 Å². The molecule has 1 aromatic rings. The van der Waals surface area contributed by atoms with Crippen LogP contribution in [0.5, 0.6) is 0 Å². The van der Waals surface area contributed by atoms with Gasteiger partial charge in [-0.05, 0) is 23.6 Å². The monoisotopic (exact) mass is 327 g/mol. The van der Waals surface area contributed by atoms with Crippen molar-refractivity contribution < 1.29 is 4.79 Å². The Morgan fingerprint density at radius 2 is 1.95 bits per heavy atom. The Balaban J connectivity index is 2.99. The van der Waals surface area contributed by atoms with Gasteiger partial charge in [0.1, 0.15) is 0 Å². The van der Waals surface area contributed by atoms with Gasteiger partial charge in [-0.15, -0.1) is 0 Å². The molecule has 0 aliphatic rings. The fraction of sp³-hybridized carbons (Fsp3) is 0.500. The summed E-state index contributed by atoms with van der Waals surface area (Å²) in [7, 11) is 3.87. The highest BCUT2D eigenvalue weighted by molar-refractivity contribution is 9.10. The quantitative estimate of drug-likeness (QED) is 0.897. The van der Waals surface area contributed by atoms with E-state index in [1.807, 2.05) is 58.0 Å². The molecule has 0 saturated carbocycles. The number of rotatable bonds is 3. The van der Waals surface area contributed by atoms with Crippen molar-refractivity contribution in [2.24, 2.45) is 11.1 Å². The lowest BCUT2D eigenvalue weighted by molar-refractivity contribution is -0.119. The van der Waals surface area contributed by atoms with E-state index in [-0.39, 0.29) is 11.3 Å². The van der Waals surface area contributed by atoms with Crippen LogP contribution in [0.3, 0.4) is 0 Å². The van der Waals surface area contributed by atoms with Crippen LogP contribution < -0.4 is 16.0 Å². The molecule has 0 aliphatic carbocycles. The molecule has 0 aliphatic heterocycles. The summed E-state index contributed by atoms with van der Waals surface area (Å²) in [4.78, 5) is 14.1. The fourth-order valence-electron chi connectivity index (χ4n) is 1.60. The van der Waals surface area contributed by atoms with Crippen LogP contribution in [0.15, 0.2) is 22.7 Å². The predicted octanol–water partition coefficient (Wildman–Crippen LogP) is 2.83. The van der Waals surface area contributed by atoms with Crippen molar-refractivity contribution in [3.63, 3.8) is 0 Å². The first-order valence-electron chi connectivity index (χ1n) is 6.16. The van der Waals surface area contributed by atoms with Crippen molar-refractivity contribution in [2.75, 3.05) is 24.3 Å². The minimum atomic E-state index is -0.554. The molecule has 4 nitrogen and oxygen atoms in total. The van der Waals surface area contributed by atoms with Gasteiger partial charge in [-0.2, -0.15) is 0 Å². The lowest BCUT2D eigenvalue weighted by atomic mass is 9.87. The SMILES string of the molecule is CN(C)c1ccc(Br)cc1NC(=O)[C@@H](N)C(C)(C)C. The largest absolute Gasteiger partial charge is 0.376 e. The second-order valence-electron chi connectivity index (χ2n) is 5.89. The van der Waals surface area contributed by atoms with Crippen molar-refractivity contribution >= 4 is 33.2 Å². The van der Waals surface area contributed by atoms with E-state index < -0.39 is 6.04 Å². The van der Waals surface area contributed by atoms with Crippen molar-refractivity contribution in [1.82, 2.24) is 0 Å². The molecular weight excluding hydrogens is 306 g/mol. The Kier molecular flexibility index (Phi) is 4.98. The summed E-state index contributed by atoms with van der Waals surface area (Å²) < 4.78 is 0.915. The molecule has 0 radical (unpaired) electrons. The maximum absolute atomic E-state index is 12.2. The molecule has 0 bridgehead atoms. The van der Waals surface area contributed by atoms with Crippen LogP contribution in [-0.2, 0) is 4.79 Å². The number of anilines is 2. The van der Waals surface area contributed by atoms with E-state index in [9.17, 15) is 4.79 Å². The number of halogens is 1. The van der Waals surface area contributed by atoms with Gasteiger partial charge in [-0.25, -0.2) is 0 Å². The first kappa shape index (κ1) is 16.0. The average molecular weight is 328 g/mol. The second kappa shape index (κ2) is 5.92. The Morgan fingerprint density at radius 3 is 2.42 bits per heavy atom. The minimum absolute atomic E-state index is 0.172. The maximum atomic E-state index is 12.2. The van der Waals surface area contributed by atoms with Gasteiger partial charge in [0.05, 0.1) is 17.4 Å². The van der Waals surface area contributed by atoms with Crippen molar-refractivity contribution in [3.8, 4) is 0 Å². The minimum Gasteiger partial charge on any atom is -0.376 e. The summed E-state index contributed by atoms with van der Waals surface area (Å²) in [5, 5.41) is 2.90. The third-order valence-corrected chi connectivity index (χ3v) is 3.41. The predicted molar refractivity (Wildman–Crippen MR) is 84.5 cm³/mol. The van der Waals surface area contributed by atoms with E-state index in [2.05, 4.69) is 21.2 Å². The first-order chi connectivity index (χ1) is 8.62. The van der Waals surface area contributed by atoms with Gasteiger partial charge in [0.25, 0.3) is 0 Å². The molecule has 0 saturated heterocycles. The molecule has 106 valence electrons. The van der Waals surface area contributed by atoms with Crippen LogP contribution in [0.4, 0.5) is 11.4 Å². The normalized spacial score (nSPS) is 13.0. The van der Waals surface area contributed by atoms with Crippen molar-refractivity contribution in [1.29, 1.82) is 0 Å². The molecule has 5 heteroatoms. The van der Waals surface area contributed by atoms with Crippen LogP contribution in [0, 0.1) is 5.41 Å². The van der Waals surface area contributed by atoms with Crippen LogP contribution in [-0.4, -0.2) is 26.0 Å². The van der Waals surface area contributed by atoms with Crippen LogP contribution >= 0.6 is 15.9 Å². The lowest BCUT2D eigenvalue weighted by Crippen LogP contribution is -2.45.